The van der Waals surface area contributed by atoms with Crippen LogP contribution >= 0.6 is 0 Å². The molecule has 0 aliphatic carbocycles. The molecule has 8 aromatic rings. The maximum absolute atomic E-state index is 12.8. The Morgan fingerprint density at radius 2 is 1.10 bits per heavy atom. The standard InChI is InChI=1S/C26H27N5O4.C25H25N5O4/c1-4-31-23-8-7-20(16(2)25(23)27-29-31)21(14-24(32)34-3)18-6-5-17-9-11-30(15-19(17)13-18)26(33)22-10-12-35-28-22;1-3-30-22-7-6-19(15(2)24(22)26-28-30)20(13-23(31)32)17-5-4-16-8-10-29(14-18(16)12-17)25(33)21-9-11-34-27-21/h5-8,10,12-13,21H,4,9,11,14-15H2,1-3H3;4-7,9,11-12,20H,3,8,10,13-14H2,1-2H3,(H,31,32). The van der Waals surface area contributed by atoms with Crippen molar-refractivity contribution in [2.75, 3.05) is 20.2 Å². The van der Waals surface area contributed by atoms with Crippen molar-refractivity contribution in [2.24, 2.45) is 0 Å². The van der Waals surface area contributed by atoms with Gasteiger partial charge >= 0.3 is 11.9 Å². The number of rotatable bonds is 12. The maximum Gasteiger partial charge on any atom is 0.306 e. The molecule has 1 N–H and O–H groups in total. The number of aromatic nitrogens is 8. The monoisotopic (exact) mass is 932 g/mol. The second kappa shape index (κ2) is 19.7. The highest BCUT2D eigenvalue weighted by molar-refractivity contribution is 5.93. The molecule has 18 nitrogen and oxygen atoms in total. The molecule has 2 aliphatic rings. The molecule has 2 amide bonds. The first-order valence-corrected chi connectivity index (χ1v) is 23.0. The fraction of sp³-hybridized carbons (Fsp3) is 0.333. The number of amides is 2. The number of hydrogen-bond acceptors (Lipinski definition) is 13. The highest BCUT2D eigenvalue weighted by Crippen LogP contribution is 2.37. The molecule has 0 bridgehead atoms. The van der Waals surface area contributed by atoms with Crippen LogP contribution < -0.4 is 0 Å². The Bertz CT molecular complexity index is 3190. The van der Waals surface area contributed by atoms with Gasteiger partial charge in [-0.15, -0.1) is 10.2 Å². The number of hydrogen-bond donors (Lipinski definition) is 1. The predicted octanol–water partition coefficient (Wildman–Crippen LogP) is 7.19. The number of carbonyl (C=O) groups is 4. The lowest BCUT2D eigenvalue weighted by Gasteiger charge is -2.29. The van der Waals surface area contributed by atoms with Crippen LogP contribution in [0.25, 0.3) is 22.1 Å². The van der Waals surface area contributed by atoms with Crippen molar-refractivity contribution in [1.29, 1.82) is 0 Å². The minimum absolute atomic E-state index is 0.0470. The number of fused-ring (bicyclic) bond motifs is 4. The van der Waals surface area contributed by atoms with E-state index >= 15 is 0 Å². The normalized spacial score (nSPS) is 14.2. The minimum Gasteiger partial charge on any atom is -0.481 e. The summed E-state index contributed by atoms with van der Waals surface area (Å²) in [6.45, 7) is 11.6. The van der Waals surface area contributed by atoms with Crippen LogP contribution in [0.5, 0.6) is 0 Å². The number of nitrogens with zero attached hydrogens (tertiary/aromatic N) is 10. The Morgan fingerprint density at radius 1 is 0.638 bits per heavy atom. The van der Waals surface area contributed by atoms with Crippen molar-refractivity contribution in [2.45, 2.75) is 91.4 Å². The SMILES string of the molecule is CCn1nnc2c(C)c(C(CC(=O)O)c3ccc4c(c3)CN(C(=O)c3ccon3)CC4)ccc21.CCn1nnc2c(C)c(C(CC(=O)OC)c3ccc4c(c3)CN(C(=O)c3ccon3)CC4)ccc21. The van der Waals surface area contributed by atoms with Gasteiger partial charge in [0.15, 0.2) is 11.4 Å². The number of ether oxygens (including phenoxy) is 1. The molecule has 0 fully saturated rings. The lowest BCUT2D eigenvalue weighted by atomic mass is 9.83. The average molecular weight is 933 g/mol. The van der Waals surface area contributed by atoms with Crippen LogP contribution in [0.15, 0.2) is 94.4 Å². The maximum atomic E-state index is 12.8. The van der Waals surface area contributed by atoms with E-state index in [-0.39, 0.29) is 48.2 Å². The Hall–Kier alpha value is -8.02. The Balaban J connectivity index is 0.000000172. The third kappa shape index (κ3) is 9.21. The van der Waals surface area contributed by atoms with Gasteiger partial charge in [0.2, 0.25) is 0 Å². The number of carbonyl (C=O) groups excluding carboxylic acids is 3. The van der Waals surface area contributed by atoms with Crippen molar-refractivity contribution < 1.29 is 38.1 Å². The number of carboxylic acid groups (broad SMARTS) is 1. The van der Waals surface area contributed by atoms with Crippen LogP contribution in [0, 0.1) is 13.8 Å². The summed E-state index contributed by atoms with van der Waals surface area (Å²) in [4.78, 5) is 53.4. The molecule has 69 heavy (non-hydrogen) atoms. The smallest absolute Gasteiger partial charge is 0.306 e. The first-order chi connectivity index (χ1) is 33.5. The number of esters is 1. The van der Waals surface area contributed by atoms with Crippen LogP contribution in [0.2, 0.25) is 0 Å². The molecule has 0 saturated heterocycles. The second-order valence-corrected chi connectivity index (χ2v) is 17.4. The molecule has 4 aromatic heterocycles. The molecule has 6 heterocycles. The van der Waals surface area contributed by atoms with Crippen molar-refractivity contribution >= 4 is 45.8 Å². The highest BCUT2D eigenvalue weighted by Gasteiger charge is 2.29. The Kier molecular flexibility index (Phi) is 13.1. The fourth-order valence-electron chi connectivity index (χ4n) is 9.73. The minimum atomic E-state index is -0.873. The molecule has 4 aromatic carbocycles. The molecule has 18 heteroatoms. The topological polar surface area (TPSA) is 218 Å². The molecule has 2 atom stereocenters. The van der Waals surface area contributed by atoms with E-state index in [9.17, 15) is 24.3 Å². The molecular formula is C51H52N10O8. The van der Waals surface area contributed by atoms with Crippen molar-refractivity contribution in [3.63, 3.8) is 0 Å². The van der Waals surface area contributed by atoms with E-state index in [1.165, 1.54) is 30.8 Å². The molecule has 0 saturated carbocycles. The Labute approximate surface area is 396 Å². The number of carboxylic acids is 1. The van der Waals surface area contributed by atoms with Gasteiger partial charge in [-0.2, -0.15) is 0 Å². The zero-order valence-electron chi connectivity index (χ0n) is 39.1. The Morgan fingerprint density at radius 3 is 1.51 bits per heavy atom. The number of aryl methyl sites for hydroxylation is 4. The summed E-state index contributed by atoms with van der Waals surface area (Å²) in [5.74, 6) is -2.05. The number of aliphatic carboxylic acids is 1. The summed E-state index contributed by atoms with van der Waals surface area (Å²) in [6.07, 6.45) is 4.43. The van der Waals surface area contributed by atoms with Crippen LogP contribution in [0.4, 0.5) is 0 Å². The van der Waals surface area contributed by atoms with Crippen LogP contribution in [-0.4, -0.2) is 99.2 Å². The summed E-state index contributed by atoms with van der Waals surface area (Å²) < 4.78 is 18.4. The van der Waals surface area contributed by atoms with Gasteiger partial charge < -0.3 is 28.7 Å². The van der Waals surface area contributed by atoms with Crippen LogP contribution in [0.1, 0.15) is 115 Å². The van der Waals surface area contributed by atoms with E-state index in [1.54, 1.807) is 21.9 Å². The van der Waals surface area contributed by atoms with E-state index in [0.717, 1.165) is 86.0 Å². The third-order valence-electron chi connectivity index (χ3n) is 13.5. The van der Waals surface area contributed by atoms with Crippen LogP contribution in [0.3, 0.4) is 0 Å². The van der Waals surface area contributed by atoms with E-state index in [1.807, 2.05) is 67.4 Å². The fourth-order valence-corrected chi connectivity index (χ4v) is 9.73. The van der Waals surface area contributed by atoms with E-state index in [2.05, 4.69) is 61.3 Å². The van der Waals surface area contributed by atoms with Gasteiger partial charge in [0.05, 0.1) is 31.0 Å². The number of benzene rings is 4. The largest absolute Gasteiger partial charge is 0.481 e. The summed E-state index contributed by atoms with van der Waals surface area (Å²) >= 11 is 0. The van der Waals surface area contributed by atoms with Crippen molar-refractivity contribution in [1.82, 2.24) is 50.1 Å². The number of methoxy groups -OCH3 is 1. The van der Waals surface area contributed by atoms with E-state index < -0.39 is 5.97 Å². The highest BCUT2D eigenvalue weighted by atomic mass is 16.5. The van der Waals surface area contributed by atoms with Gasteiger partial charge in [-0.3, -0.25) is 19.2 Å². The van der Waals surface area contributed by atoms with Gasteiger partial charge in [0.1, 0.15) is 23.6 Å². The first-order valence-electron chi connectivity index (χ1n) is 23.0. The zero-order valence-corrected chi connectivity index (χ0v) is 39.1. The molecular weight excluding hydrogens is 881 g/mol. The quantitative estimate of drug-likeness (QED) is 0.120. The van der Waals surface area contributed by atoms with Gasteiger partial charge in [-0.1, -0.05) is 69.3 Å². The summed E-state index contributed by atoms with van der Waals surface area (Å²) in [7, 11) is 1.41. The lowest BCUT2D eigenvalue weighted by molar-refractivity contribution is -0.141. The average Bonchev–Trinajstić information content (AvgIpc) is 4.23. The van der Waals surface area contributed by atoms with Gasteiger partial charge in [-0.05, 0) is 108 Å². The zero-order chi connectivity index (χ0) is 48.3. The predicted molar refractivity (Wildman–Crippen MR) is 251 cm³/mol. The first kappa shape index (κ1) is 46.1. The summed E-state index contributed by atoms with van der Waals surface area (Å²) in [5.41, 5.74) is 14.3. The van der Waals surface area contributed by atoms with Gasteiger partial charge in [-0.25, -0.2) is 9.36 Å². The molecule has 0 spiro atoms. The van der Waals surface area contributed by atoms with E-state index in [4.69, 9.17) is 13.8 Å². The van der Waals surface area contributed by atoms with Gasteiger partial charge in [0.25, 0.3) is 11.8 Å². The molecule has 354 valence electrons. The third-order valence-corrected chi connectivity index (χ3v) is 13.5. The van der Waals surface area contributed by atoms with Crippen LogP contribution in [-0.2, 0) is 53.3 Å². The lowest BCUT2D eigenvalue weighted by Crippen LogP contribution is -2.36. The van der Waals surface area contributed by atoms with Crippen molar-refractivity contribution in [3.05, 3.63) is 152 Å². The molecule has 2 aliphatic heterocycles. The van der Waals surface area contributed by atoms with Crippen molar-refractivity contribution in [3.8, 4) is 0 Å². The molecule has 2 unspecified atom stereocenters. The molecule has 0 radical (unpaired) electrons. The molecule has 10 rings (SSSR count). The summed E-state index contributed by atoms with van der Waals surface area (Å²) in [5, 5.41) is 34.5. The summed E-state index contributed by atoms with van der Waals surface area (Å²) in [6, 6.07) is 23.6. The second-order valence-electron chi connectivity index (χ2n) is 17.4. The van der Waals surface area contributed by atoms with E-state index in [0.29, 0.717) is 38.4 Å². The van der Waals surface area contributed by atoms with Gasteiger partial charge in [0, 0.05) is 63.2 Å².